The number of aliphatic hydroxyl groups excluding tert-OH is 3. The molecule has 1 rings (SSSR count). The summed E-state index contributed by atoms with van der Waals surface area (Å²) in [7, 11) is 0. The molecule has 29 heavy (non-hydrogen) atoms. The van der Waals surface area contributed by atoms with Crippen molar-refractivity contribution in [2.75, 3.05) is 19.8 Å². The normalized spacial score (nSPS) is 23.2. The van der Waals surface area contributed by atoms with Gasteiger partial charge in [-0.3, -0.25) is 0 Å². The van der Waals surface area contributed by atoms with Crippen LogP contribution in [0.2, 0.25) is 0 Å². The van der Waals surface area contributed by atoms with E-state index in [1.165, 1.54) is 70.6 Å². The molecule has 1 fully saturated rings. The lowest BCUT2D eigenvalue weighted by molar-refractivity contribution is -0.0813. The van der Waals surface area contributed by atoms with Gasteiger partial charge in [0.05, 0.1) is 13.2 Å². The van der Waals surface area contributed by atoms with Gasteiger partial charge in [-0.15, -0.1) is 0 Å². The Kier molecular flexibility index (Phi) is 16.8. The zero-order valence-corrected chi connectivity index (χ0v) is 18.6. The summed E-state index contributed by atoms with van der Waals surface area (Å²) in [6.45, 7) is 3.08. The first kappa shape index (κ1) is 26.6. The van der Waals surface area contributed by atoms with Crippen LogP contribution in [-0.4, -0.2) is 59.6 Å². The molecule has 1 aliphatic rings. The minimum absolute atomic E-state index is 0.0659. The molecule has 0 aromatic rings. The van der Waals surface area contributed by atoms with Gasteiger partial charge in [-0.05, 0) is 32.1 Å². The highest BCUT2D eigenvalue weighted by Crippen LogP contribution is 2.18. The monoisotopic (exact) mass is 414 g/mol. The summed E-state index contributed by atoms with van der Waals surface area (Å²) in [5, 5.41) is 29.0. The van der Waals surface area contributed by atoms with E-state index in [0.717, 1.165) is 19.3 Å². The molecule has 0 amide bonds. The fourth-order valence-corrected chi connectivity index (χ4v) is 3.72. The molecule has 0 aliphatic carbocycles. The van der Waals surface area contributed by atoms with Crippen LogP contribution in [0.5, 0.6) is 0 Å². The van der Waals surface area contributed by atoms with E-state index >= 15 is 0 Å². The van der Waals surface area contributed by atoms with E-state index in [1.54, 1.807) is 0 Å². The topological polar surface area (TPSA) is 79.2 Å². The van der Waals surface area contributed by atoms with E-state index in [4.69, 9.17) is 9.47 Å². The third kappa shape index (κ3) is 13.5. The van der Waals surface area contributed by atoms with Gasteiger partial charge >= 0.3 is 0 Å². The maximum absolute atomic E-state index is 9.94. The largest absolute Gasteiger partial charge is 0.388 e. The summed E-state index contributed by atoms with van der Waals surface area (Å²) in [5.74, 6) is 0. The predicted molar refractivity (Wildman–Crippen MR) is 118 cm³/mol. The van der Waals surface area contributed by atoms with Gasteiger partial charge in [0.25, 0.3) is 0 Å². The van der Waals surface area contributed by atoms with Gasteiger partial charge < -0.3 is 24.8 Å². The summed E-state index contributed by atoms with van der Waals surface area (Å²) in [4.78, 5) is 0. The van der Waals surface area contributed by atoms with Crippen molar-refractivity contribution in [1.29, 1.82) is 0 Å². The zero-order chi connectivity index (χ0) is 21.2. The van der Waals surface area contributed by atoms with Crippen molar-refractivity contribution in [3.05, 3.63) is 12.2 Å². The summed E-state index contributed by atoms with van der Waals surface area (Å²) in [6, 6.07) is 0. The number of hydrogen-bond donors (Lipinski definition) is 3. The Morgan fingerprint density at radius 1 is 0.862 bits per heavy atom. The molecule has 0 bridgehead atoms. The molecule has 172 valence electrons. The maximum atomic E-state index is 9.94. The lowest BCUT2D eigenvalue weighted by atomic mass is 10.1. The van der Waals surface area contributed by atoms with Crippen molar-refractivity contribution in [2.24, 2.45) is 0 Å². The number of rotatable bonds is 19. The highest BCUT2D eigenvalue weighted by atomic mass is 16.5. The second-order valence-corrected chi connectivity index (χ2v) is 8.44. The molecular weight excluding hydrogens is 368 g/mol. The highest BCUT2D eigenvalue weighted by molar-refractivity contribution is 4.87. The molecule has 1 saturated heterocycles. The van der Waals surface area contributed by atoms with Crippen LogP contribution in [-0.2, 0) is 9.47 Å². The van der Waals surface area contributed by atoms with Crippen molar-refractivity contribution >= 4 is 0 Å². The lowest BCUT2D eigenvalue weighted by Gasteiger charge is -2.20. The van der Waals surface area contributed by atoms with Crippen LogP contribution < -0.4 is 0 Å². The smallest absolute Gasteiger partial charge is 0.114 e. The molecule has 3 N–H and O–H groups in total. The number of aliphatic hydroxyl groups is 3. The first-order valence-electron chi connectivity index (χ1n) is 12.0. The van der Waals surface area contributed by atoms with Gasteiger partial charge in [-0.25, -0.2) is 0 Å². The molecule has 0 radical (unpaired) electrons. The van der Waals surface area contributed by atoms with E-state index < -0.39 is 24.4 Å². The van der Waals surface area contributed by atoms with E-state index in [-0.39, 0.29) is 13.2 Å². The summed E-state index contributed by atoms with van der Waals surface area (Å²) < 4.78 is 10.7. The Hall–Kier alpha value is -0.460. The number of unbranched alkanes of at least 4 members (excludes halogenated alkanes) is 12. The van der Waals surface area contributed by atoms with E-state index in [0.29, 0.717) is 6.61 Å². The van der Waals surface area contributed by atoms with Crippen LogP contribution >= 0.6 is 0 Å². The molecule has 4 atom stereocenters. The molecule has 1 aliphatic heterocycles. The fraction of sp³-hybridized carbons (Fsp3) is 0.917. The van der Waals surface area contributed by atoms with E-state index in [2.05, 4.69) is 19.1 Å². The van der Waals surface area contributed by atoms with Crippen molar-refractivity contribution in [2.45, 2.75) is 121 Å². The van der Waals surface area contributed by atoms with Gasteiger partial charge in [-0.2, -0.15) is 0 Å². The molecule has 0 spiro atoms. The van der Waals surface area contributed by atoms with Crippen molar-refractivity contribution < 1.29 is 24.8 Å². The van der Waals surface area contributed by atoms with Gasteiger partial charge in [-0.1, -0.05) is 76.9 Å². The predicted octanol–water partition coefficient (Wildman–Crippen LogP) is 4.52. The average molecular weight is 415 g/mol. The van der Waals surface area contributed by atoms with Crippen LogP contribution in [0.4, 0.5) is 0 Å². The number of ether oxygens (including phenoxy) is 2. The van der Waals surface area contributed by atoms with Crippen LogP contribution in [0.1, 0.15) is 96.8 Å². The lowest BCUT2D eigenvalue weighted by Crippen LogP contribution is -2.40. The van der Waals surface area contributed by atoms with Crippen molar-refractivity contribution in [1.82, 2.24) is 0 Å². The third-order valence-electron chi connectivity index (χ3n) is 5.66. The maximum Gasteiger partial charge on any atom is 0.114 e. The van der Waals surface area contributed by atoms with Crippen LogP contribution in [0.3, 0.4) is 0 Å². The van der Waals surface area contributed by atoms with Gasteiger partial charge in [0.1, 0.15) is 24.4 Å². The minimum atomic E-state index is -1.03. The SMILES string of the molecule is CCCCCCCCCC/C=C/CCCCCCOC[C@H](O)[C@H]1OC[C@@H](O)[C@H]1O. The fourth-order valence-electron chi connectivity index (χ4n) is 3.72. The quantitative estimate of drug-likeness (QED) is 0.214. The molecule has 5 heteroatoms. The van der Waals surface area contributed by atoms with E-state index in [1.807, 2.05) is 0 Å². The van der Waals surface area contributed by atoms with E-state index in [9.17, 15) is 15.3 Å². The second-order valence-electron chi connectivity index (χ2n) is 8.44. The Labute approximate surface area is 178 Å². The minimum Gasteiger partial charge on any atom is -0.388 e. The van der Waals surface area contributed by atoms with Crippen LogP contribution in [0, 0.1) is 0 Å². The van der Waals surface area contributed by atoms with Crippen molar-refractivity contribution in [3.8, 4) is 0 Å². The molecule has 0 unspecified atom stereocenters. The highest BCUT2D eigenvalue weighted by Gasteiger charge is 2.39. The summed E-state index contributed by atoms with van der Waals surface area (Å²) >= 11 is 0. The summed E-state index contributed by atoms with van der Waals surface area (Å²) in [5.41, 5.74) is 0. The first-order chi connectivity index (χ1) is 14.2. The number of hydrogen-bond acceptors (Lipinski definition) is 5. The van der Waals surface area contributed by atoms with Gasteiger partial charge in [0.15, 0.2) is 0 Å². The van der Waals surface area contributed by atoms with Gasteiger partial charge in [0.2, 0.25) is 0 Å². The Morgan fingerprint density at radius 2 is 1.41 bits per heavy atom. The summed E-state index contributed by atoms with van der Waals surface area (Å²) in [6.07, 6.45) is 19.1. The molecule has 5 nitrogen and oxygen atoms in total. The standard InChI is InChI=1S/C24H46O5/c1-2-3-4-5-6-7-8-9-10-11-12-13-14-15-16-17-18-28-19-22(26)24-23(27)21(25)20-29-24/h11-12,21-27H,2-10,13-20H2,1H3/b12-11+/t21-,22+,23-,24-/m1/s1. The molecule has 0 saturated carbocycles. The zero-order valence-electron chi connectivity index (χ0n) is 18.6. The number of allylic oxidation sites excluding steroid dienone is 2. The third-order valence-corrected chi connectivity index (χ3v) is 5.66. The van der Waals surface area contributed by atoms with Gasteiger partial charge in [0, 0.05) is 6.61 Å². The first-order valence-corrected chi connectivity index (χ1v) is 12.0. The average Bonchev–Trinajstić information content (AvgIpc) is 3.05. The van der Waals surface area contributed by atoms with Crippen molar-refractivity contribution in [3.63, 3.8) is 0 Å². The Balaban J connectivity index is 1.79. The molecule has 0 aromatic heterocycles. The van der Waals surface area contributed by atoms with Crippen LogP contribution in [0.25, 0.3) is 0 Å². The Bertz CT molecular complexity index is 387. The second kappa shape index (κ2) is 18.3. The van der Waals surface area contributed by atoms with Crippen LogP contribution in [0.15, 0.2) is 12.2 Å². The Morgan fingerprint density at radius 3 is 1.97 bits per heavy atom. The molecular formula is C24H46O5. The molecule has 0 aromatic carbocycles. The molecule has 1 heterocycles.